The maximum absolute atomic E-state index is 12.8. The Balaban J connectivity index is 2.12. The van der Waals surface area contributed by atoms with Crippen molar-refractivity contribution in [1.29, 1.82) is 0 Å². The normalized spacial score (nSPS) is 16.9. The number of aromatic amines is 1. The van der Waals surface area contributed by atoms with Crippen LogP contribution in [0.4, 0.5) is 0 Å². The number of ether oxygens (including phenoxy) is 1. The van der Waals surface area contributed by atoms with Crippen LogP contribution in [0.3, 0.4) is 0 Å². The Morgan fingerprint density at radius 3 is 2.55 bits per heavy atom. The fourth-order valence-corrected chi connectivity index (χ4v) is 3.62. The molecule has 0 fully saturated rings. The van der Waals surface area contributed by atoms with E-state index < -0.39 is 0 Å². The number of allylic oxidation sites excluding steroid dienone is 2. The zero-order chi connectivity index (χ0) is 21.0. The summed E-state index contributed by atoms with van der Waals surface area (Å²) in [7, 11) is 0. The molecule has 154 valence electrons. The van der Waals surface area contributed by atoms with E-state index in [1.165, 1.54) is 6.07 Å². The van der Waals surface area contributed by atoms with Gasteiger partial charge < -0.3 is 15.0 Å². The van der Waals surface area contributed by atoms with Gasteiger partial charge in [0.2, 0.25) is 5.56 Å². The summed E-state index contributed by atoms with van der Waals surface area (Å²) in [4.78, 5) is 37.7. The van der Waals surface area contributed by atoms with Crippen LogP contribution in [0, 0.1) is 0 Å². The third kappa shape index (κ3) is 4.41. The van der Waals surface area contributed by atoms with Crippen molar-refractivity contribution in [2.45, 2.75) is 33.6 Å². The second-order valence-electron chi connectivity index (χ2n) is 6.81. The molecular formula is C22H26N2O5. The van der Waals surface area contributed by atoms with E-state index in [9.17, 15) is 9.59 Å². The molecule has 1 aromatic heterocycles. The van der Waals surface area contributed by atoms with Crippen molar-refractivity contribution in [2.75, 3.05) is 19.8 Å². The number of rotatable bonds is 7. The lowest BCUT2D eigenvalue weighted by atomic mass is 9.80. The maximum atomic E-state index is 12.8. The number of hydrogen-bond acceptors (Lipinski definition) is 6. The minimum atomic E-state index is -0.370. The molecule has 1 aliphatic heterocycles. The van der Waals surface area contributed by atoms with Gasteiger partial charge in [-0.3, -0.25) is 4.79 Å². The van der Waals surface area contributed by atoms with Crippen molar-refractivity contribution in [3.05, 3.63) is 68.8 Å². The number of benzene rings is 1. The summed E-state index contributed by atoms with van der Waals surface area (Å²) in [6.07, 6.45) is 0. The van der Waals surface area contributed by atoms with Crippen molar-refractivity contribution < 1.29 is 19.3 Å². The van der Waals surface area contributed by atoms with Crippen molar-refractivity contribution in [3.8, 4) is 0 Å². The average molecular weight is 398 g/mol. The van der Waals surface area contributed by atoms with Crippen LogP contribution in [-0.4, -0.2) is 30.8 Å². The molecule has 0 saturated heterocycles. The van der Waals surface area contributed by atoms with Crippen molar-refractivity contribution in [2.24, 2.45) is 0 Å². The van der Waals surface area contributed by atoms with E-state index in [-0.39, 0.29) is 30.7 Å². The topological polar surface area (TPSA) is 89.7 Å². The van der Waals surface area contributed by atoms with E-state index >= 15 is 0 Å². The van der Waals surface area contributed by atoms with Crippen LogP contribution in [-0.2, 0) is 19.3 Å². The Morgan fingerprint density at radius 1 is 1.03 bits per heavy atom. The number of H-pyrrole nitrogens is 1. The van der Waals surface area contributed by atoms with Gasteiger partial charge >= 0.3 is 5.97 Å². The summed E-state index contributed by atoms with van der Waals surface area (Å²) >= 11 is 0. The molecular weight excluding hydrogens is 372 g/mol. The van der Waals surface area contributed by atoms with Crippen LogP contribution in [0.2, 0.25) is 0 Å². The monoisotopic (exact) mass is 398 g/mol. The SMILES string of the molecule is CCOOCC1=C(C)NC(C)=C(C(=O)OCC)C1c1ccc2[nH]c(=O)ccc2c1. The van der Waals surface area contributed by atoms with Gasteiger partial charge in [-0.2, -0.15) is 0 Å². The third-order valence-electron chi connectivity index (χ3n) is 4.89. The number of nitrogens with one attached hydrogen (secondary N) is 2. The molecule has 7 heteroatoms. The van der Waals surface area contributed by atoms with Crippen LogP contribution in [0.25, 0.3) is 10.9 Å². The first kappa shape index (κ1) is 20.8. The van der Waals surface area contributed by atoms with E-state index in [4.69, 9.17) is 14.5 Å². The van der Waals surface area contributed by atoms with E-state index in [2.05, 4.69) is 10.3 Å². The number of aromatic nitrogens is 1. The highest BCUT2D eigenvalue weighted by molar-refractivity contribution is 5.93. The Morgan fingerprint density at radius 2 is 1.83 bits per heavy atom. The molecule has 1 atom stereocenters. The van der Waals surface area contributed by atoms with Gasteiger partial charge in [0.1, 0.15) is 6.61 Å². The zero-order valence-electron chi connectivity index (χ0n) is 17.1. The predicted molar refractivity (Wildman–Crippen MR) is 110 cm³/mol. The van der Waals surface area contributed by atoms with Gasteiger partial charge in [0.05, 0.1) is 18.8 Å². The fourth-order valence-electron chi connectivity index (χ4n) is 3.62. The highest BCUT2D eigenvalue weighted by Gasteiger charge is 2.34. The largest absolute Gasteiger partial charge is 0.463 e. The molecule has 0 saturated carbocycles. The van der Waals surface area contributed by atoms with Crippen LogP contribution in [0.1, 0.15) is 39.2 Å². The number of dihydropyridines is 1. The second kappa shape index (κ2) is 9.07. The van der Waals surface area contributed by atoms with Crippen LogP contribution in [0.15, 0.2) is 57.7 Å². The standard InChI is InChI=1S/C22H26N2O5/c1-5-27-22(26)20-14(4)23-13(3)17(12-29-28-6-2)21(20)16-7-9-18-15(11-16)8-10-19(25)24-18/h7-11,21,23H,5-6,12H2,1-4H3,(H,24,25). The van der Waals surface area contributed by atoms with E-state index in [0.29, 0.717) is 12.2 Å². The Bertz CT molecular complexity index is 1030. The first-order chi connectivity index (χ1) is 14.0. The summed E-state index contributed by atoms with van der Waals surface area (Å²) in [5.41, 5.74) is 4.56. The van der Waals surface area contributed by atoms with Crippen LogP contribution in [0.5, 0.6) is 0 Å². The van der Waals surface area contributed by atoms with Gasteiger partial charge in [-0.15, -0.1) is 0 Å². The summed E-state index contributed by atoms with van der Waals surface area (Å²) < 4.78 is 5.34. The minimum Gasteiger partial charge on any atom is -0.463 e. The molecule has 1 aromatic carbocycles. The molecule has 0 radical (unpaired) electrons. The molecule has 1 unspecified atom stereocenters. The highest BCUT2D eigenvalue weighted by atomic mass is 17.2. The lowest BCUT2D eigenvalue weighted by Crippen LogP contribution is -2.30. The Kier molecular flexibility index (Phi) is 6.51. The maximum Gasteiger partial charge on any atom is 0.336 e. The molecule has 7 nitrogen and oxygen atoms in total. The minimum absolute atomic E-state index is 0.156. The number of carbonyl (C=O) groups excluding carboxylic acids is 1. The highest BCUT2D eigenvalue weighted by Crippen LogP contribution is 2.39. The number of esters is 1. The van der Waals surface area contributed by atoms with Crippen molar-refractivity contribution in [1.82, 2.24) is 10.3 Å². The van der Waals surface area contributed by atoms with Gasteiger partial charge in [0.15, 0.2) is 0 Å². The molecule has 0 bridgehead atoms. The van der Waals surface area contributed by atoms with Gasteiger partial charge in [-0.05, 0) is 62.4 Å². The molecule has 0 aliphatic carbocycles. The number of pyridine rings is 1. The first-order valence-electron chi connectivity index (χ1n) is 9.68. The van der Waals surface area contributed by atoms with Crippen molar-refractivity contribution >= 4 is 16.9 Å². The van der Waals surface area contributed by atoms with E-state index in [1.54, 1.807) is 13.0 Å². The lowest BCUT2D eigenvalue weighted by molar-refractivity contribution is -0.285. The average Bonchev–Trinajstić information content (AvgIpc) is 2.69. The van der Waals surface area contributed by atoms with Gasteiger partial charge in [-0.25, -0.2) is 14.6 Å². The molecule has 29 heavy (non-hydrogen) atoms. The summed E-state index contributed by atoms with van der Waals surface area (Å²) in [5, 5.41) is 4.14. The lowest BCUT2D eigenvalue weighted by Gasteiger charge is -2.31. The number of fused-ring (bicyclic) bond motifs is 1. The molecule has 0 amide bonds. The van der Waals surface area contributed by atoms with Gasteiger partial charge in [0, 0.05) is 28.9 Å². The second-order valence-corrected chi connectivity index (χ2v) is 6.81. The molecule has 1 aliphatic rings. The van der Waals surface area contributed by atoms with E-state index in [0.717, 1.165) is 33.4 Å². The molecule has 2 heterocycles. The summed E-state index contributed by atoms with van der Waals surface area (Å²) in [5.74, 6) is -0.724. The molecule has 0 spiro atoms. The zero-order valence-corrected chi connectivity index (χ0v) is 17.1. The Labute approximate surface area is 169 Å². The van der Waals surface area contributed by atoms with Gasteiger partial charge in [0.25, 0.3) is 0 Å². The first-order valence-corrected chi connectivity index (χ1v) is 9.68. The summed E-state index contributed by atoms with van der Waals surface area (Å²) in [6, 6.07) is 8.99. The van der Waals surface area contributed by atoms with Crippen molar-refractivity contribution in [3.63, 3.8) is 0 Å². The van der Waals surface area contributed by atoms with Crippen LogP contribution < -0.4 is 10.9 Å². The number of hydrogen-bond donors (Lipinski definition) is 2. The predicted octanol–water partition coefficient (Wildman–Crippen LogP) is 3.29. The molecule has 2 aromatic rings. The molecule has 2 N–H and O–H groups in total. The van der Waals surface area contributed by atoms with Crippen LogP contribution >= 0.6 is 0 Å². The smallest absolute Gasteiger partial charge is 0.336 e. The van der Waals surface area contributed by atoms with E-state index in [1.807, 2.05) is 39.0 Å². The number of carbonyl (C=O) groups is 1. The summed E-state index contributed by atoms with van der Waals surface area (Å²) in [6.45, 7) is 8.35. The molecule has 3 rings (SSSR count). The fraction of sp³-hybridized carbons (Fsp3) is 0.364. The Hall–Kier alpha value is -2.90. The third-order valence-corrected chi connectivity index (χ3v) is 4.89. The van der Waals surface area contributed by atoms with Gasteiger partial charge in [-0.1, -0.05) is 6.07 Å². The quantitative estimate of drug-likeness (QED) is 0.322.